The molecule has 11 heteroatoms. The maximum Gasteiger partial charge on any atom is 0.343 e. The van der Waals surface area contributed by atoms with Crippen LogP contribution in [-0.4, -0.2) is 40.2 Å². The number of halogens is 1. The number of hydrogen-bond donors (Lipinski definition) is 1. The maximum atomic E-state index is 13.4. The Labute approximate surface area is 236 Å². The Hall–Kier alpha value is -4.67. The van der Waals surface area contributed by atoms with Crippen molar-refractivity contribution in [2.75, 3.05) is 18.0 Å². The van der Waals surface area contributed by atoms with Crippen molar-refractivity contribution in [1.29, 1.82) is 0 Å². The molecule has 4 aromatic carbocycles. The van der Waals surface area contributed by atoms with Crippen molar-refractivity contribution in [1.82, 2.24) is 5.43 Å². The first kappa shape index (κ1) is 28.3. The summed E-state index contributed by atoms with van der Waals surface area (Å²) in [7, 11) is -2.68. The molecule has 0 heterocycles. The normalized spacial score (nSPS) is 11.2. The van der Waals surface area contributed by atoms with Crippen LogP contribution in [0.1, 0.15) is 15.9 Å². The third-order valence-corrected chi connectivity index (χ3v) is 7.63. The first-order valence-electron chi connectivity index (χ1n) is 11.9. The van der Waals surface area contributed by atoms with Crippen LogP contribution in [0.5, 0.6) is 11.5 Å². The summed E-state index contributed by atoms with van der Waals surface area (Å²) in [5.74, 6) is -0.467. The van der Waals surface area contributed by atoms with Gasteiger partial charge < -0.3 is 9.47 Å². The van der Waals surface area contributed by atoms with E-state index in [-0.39, 0.29) is 15.6 Å². The molecule has 0 saturated heterocycles. The molecule has 0 fully saturated rings. The fourth-order valence-electron chi connectivity index (χ4n) is 3.55. The summed E-state index contributed by atoms with van der Waals surface area (Å²) in [6.07, 6.45) is 1.38. The number of sulfonamides is 1. The van der Waals surface area contributed by atoms with Crippen LogP contribution in [0.15, 0.2) is 113 Å². The van der Waals surface area contributed by atoms with E-state index in [1.54, 1.807) is 72.8 Å². The number of methoxy groups -OCH3 is 1. The number of carbonyl (C=O) groups excluding carboxylic acids is 2. The van der Waals surface area contributed by atoms with Crippen molar-refractivity contribution in [3.63, 3.8) is 0 Å². The molecular formula is C29H24ClN3O6S. The van der Waals surface area contributed by atoms with Gasteiger partial charge in [-0.3, -0.25) is 9.10 Å². The van der Waals surface area contributed by atoms with Gasteiger partial charge in [-0.15, -0.1) is 0 Å². The SMILES string of the molecule is COc1ccc(N(CC(=O)N/N=C\c2ccc(OC(=O)c3ccccc3)cc2)S(=O)(=O)c2ccccc2)cc1Cl. The third-order valence-electron chi connectivity index (χ3n) is 5.54. The molecule has 0 aromatic heterocycles. The number of amides is 1. The molecule has 0 bridgehead atoms. The van der Waals surface area contributed by atoms with E-state index in [0.717, 1.165) is 4.31 Å². The molecule has 204 valence electrons. The smallest absolute Gasteiger partial charge is 0.343 e. The zero-order valence-corrected chi connectivity index (χ0v) is 22.8. The lowest BCUT2D eigenvalue weighted by molar-refractivity contribution is -0.119. The van der Waals surface area contributed by atoms with Gasteiger partial charge in [-0.25, -0.2) is 18.6 Å². The van der Waals surface area contributed by atoms with Gasteiger partial charge in [0, 0.05) is 0 Å². The van der Waals surface area contributed by atoms with Gasteiger partial charge in [0.1, 0.15) is 18.0 Å². The minimum Gasteiger partial charge on any atom is -0.495 e. The number of rotatable bonds is 10. The van der Waals surface area contributed by atoms with E-state index in [4.69, 9.17) is 21.1 Å². The second-order valence-electron chi connectivity index (χ2n) is 8.26. The lowest BCUT2D eigenvalue weighted by Crippen LogP contribution is -2.39. The number of hydrogen-bond acceptors (Lipinski definition) is 7. The molecule has 1 amide bonds. The Morgan fingerprint density at radius 3 is 2.20 bits per heavy atom. The Kier molecular flexibility index (Phi) is 9.15. The number of hydrazone groups is 1. The van der Waals surface area contributed by atoms with Crippen LogP contribution in [0.2, 0.25) is 5.02 Å². The molecule has 40 heavy (non-hydrogen) atoms. The lowest BCUT2D eigenvalue weighted by atomic mass is 10.2. The van der Waals surface area contributed by atoms with E-state index in [2.05, 4.69) is 10.5 Å². The van der Waals surface area contributed by atoms with Crippen LogP contribution < -0.4 is 19.2 Å². The second kappa shape index (κ2) is 12.9. The van der Waals surface area contributed by atoms with E-state index in [9.17, 15) is 18.0 Å². The van der Waals surface area contributed by atoms with Gasteiger partial charge in [0.2, 0.25) is 0 Å². The topological polar surface area (TPSA) is 114 Å². The molecule has 4 rings (SSSR count). The summed E-state index contributed by atoms with van der Waals surface area (Å²) in [4.78, 5) is 25.0. The molecule has 0 spiro atoms. The van der Waals surface area contributed by atoms with E-state index in [1.165, 1.54) is 43.7 Å². The minimum atomic E-state index is -4.12. The van der Waals surface area contributed by atoms with Crippen molar-refractivity contribution in [2.45, 2.75) is 4.90 Å². The van der Waals surface area contributed by atoms with Gasteiger partial charge in [-0.05, 0) is 72.3 Å². The molecule has 0 saturated carbocycles. The standard InChI is InChI=1S/C29H24ClN3O6S/c1-38-27-17-14-23(18-26(27)30)33(40(36,37)25-10-6-3-7-11-25)20-28(34)32-31-19-21-12-15-24(16-13-21)39-29(35)22-8-4-2-5-9-22/h2-19H,20H2,1H3,(H,32,34)/b31-19-. The molecule has 0 unspecified atom stereocenters. The summed E-state index contributed by atoms with van der Waals surface area (Å²) in [6.45, 7) is -0.564. The third kappa shape index (κ3) is 7.04. The van der Waals surface area contributed by atoms with Crippen LogP contribution in [0, 0.1) is 0 Å². The predicted molar refractivity (Wildman–Crippen MR) is 153 cm³/mol. The number of esters is 1. The van der Waals surface area contributed by atoms with E-state index < -0.39 is 28.4 Å². The van der Waals surface area contributed by atoms with Crippen LogP contribution in [0.25, 0.3) is 0 Å². The van der Waals surface area contributed by atoms with E-state index >= 15 is 0 Å². The summed E-state index contributed by atoms with van der Waals surface area (Å²) in [6, 6.07) is 27.2. The molecule has 1 N–H and O–H groups in total. The molecule has 0 aliphatic heterocycles. The zero-order chi connectivity index (χ0) is 28.5. The second-order valence-corrected chi connectivity index (χ2v) is 10.5. The van der Waals surface area contributed by atoms with Crippen LogP contribution in [-0.2, 0) is 14.8 Å². The van der Waals surface area contributed by atoms with Gasteiger partial charge in [-0.1, -0.05) is 48.0 Å². The van der Waals surface area contributed by atoms with Gasteiger partial charge in [0.25, 0.3) is 15.9 Å². The Bertz CT molecular complexity index is 1610. The molecule has 0 atom stereocenters. The van der Waals surface area contributed by atoms with E-state index in [1.807, 2.05) is 0 Å². The van der Waals surface area contributed by atoms with Gasteiger partial charge >= 0.3 is 5.97 Å². The lowest BCUT2D eigenvalue weighted by Gasteiger charge is -2.24. The van der Waals surface area contributed by atoms with E-state index in [0.29, 0.717) is 22.6 Å². The van der Waals surface area contributed by atoms with Crippen LogP contribution >= 0.6 is 11.6 Å². The largest absolute Gasteiger partial charge is 0.495 e. The highest BCUT2D eigenvalue weighted by atomic mass is 35.5. The summed E-state index contributed by atoms with van der Waals surface area (Å²) in [5.41, 5.74) is 3.55. The number of carbonyl (C=O) groups is 2. The highest BCUT2D eigenvalue weighted by Gasteiger charge is 2.27. The number of benzene rings is 4. The molecular weight excluding hydrogens is 554 g/mol. The van der Waals surface area contributed by atoms with Gasteiger partial charge in [0.15, 0.2) is 0 Å². The van der Waals surface area contributed by atoms with Crippen molar-refractivity contribution >= 4 is 45.4 Å². The van der Waals surface area contributed by atoms with Crippen LogP contribution in [0.4, 0.5) is 5.69 Å². The van der Waals surface area contributed by atoms with Crippen molar-refractivity contribution in [3.8, 4) is 11.5 Å². The Balaban J connectivity index is 1.44. The van der Waals surface area contributed by atoms with Crippen molar-refractivity contribution < 1.29 is 27.5 Å². The average Bonchev–Trinajstić information content (AvgIpc) is 2.97. The molecule has 0 aliphatic rings. The summed E-state index contributed by atoms with van der Waals surface area (Å²) < 4.78 is 38.3. The molecule has 4 aromatic rings. The number of anilines is 1. The average molecular weight is 578 g/mol. The summed E-state index contributed by atoms with van der Waals surface area (Å²) in [5, 5.41) is 4.11. The Morgan fingerprint density at radius 2 is 1.57 bits per heavy atom. The molecule has 0 aliphatic carbocycles. The minimum absolute atomic E-state index is 0.00583. The first-order chi connectivity index (χ1) is 19.3. The Morgan fingerprint density at radius 1 is 0.925 bits per heavy atom. The van der Waals surface area contributed by atoms with Crippen LogP contribution in [0.3, 0.4) is 0 Å². The van der Waals surface area contributed by atoms with Crippen molar-refractivity contribution in [2.24, 2.45) is 5.10 Å². The number of nitrogens with one attached hydrogen (secondary N) is 1. The number of nitrogens with zero attached hydrogens (tertiary/aromatic N) is 2. The van der Waals surface area contributed by atoms with Gasteiger partial charge in [-0.2, -0.15) is 5.10 Å². The maximum absolute atomic E-state index is 13.4. The molecule has 0 radical (unpaired) electrons. The summed E-state index contributed by atoms with van der Waals surface area (Å²) >= 11 is 6.23. The fourth-order valence-corrected chi connectivity index (χ4v) is 5.24. The fraction of sp³-hybridized carbons (Fsp3) is 0.0690. The number of ether oxygens (including phenoxy) is 2. The highest BCUT2D eigenvalue weighted by molar-refractivity contribution is 7.92. The monoisotopic (exact) mass is 577 g/mol. The highest BCUT2D eigenvalue weighted by Crippen LogP contribution is 2.31. The first-order valence-corrected chi connectivity index (χ1v) is 13.7. The van der Waals surface area contributed by atoms with Gasteiger partial charge in [0.05, 0.1) is 34.5 Å². The predicted octanol–water partition coefficient (Wildman–Crippen LogP) is 4.91. The molecule has 9 nitrogen and oxygen atoms in total. The van der Waals surface area contributed by atoms with Crippen molar-refractivity contribution in [3.05, 3.63) is 119 Å². The zero-order valence-electron chi connectivity index (χ0n) is 21.2. The quantitative estimate of drug-likeness (QED) is 0.124.